The fourth-order valence-electron chi connectivity index (χ4n) is 3.45. The zero-order valence-corrected chi connectivity index (χ0v) is 22.1. The summed E-state index contributed by atoms with van der Waals surface area (Å²) in [6.45, 7) is 5.38. The van der Waals surface area contributed by atoms with Crippen LogP contribution in [0.3, 0.4) is 0 Å². The maximum absolute atomic E-state index is 13.7. The van der Waals surface area contributed by atoms with E-state index in [1.54, 1.807) is 6.92 Å². The van der Waals surface area contributed by atoms with Gasteiger partial charge in [-0.1, -0.05) is 32.9 Å². The highest BCUT2D eigenvalue weighted by molar-refractivity contribution is 7.90. The number of nitrogens with zero attached hydrogens (tertiary/aromatic N) is 3. The molecule has 2 aromatic rings. The van der Waals surface area contributed by atoms with E-state index in [4.69, 9.17) is 0 Å². The maximum Gasteiger partial charge on any atom is 0.304 e. The highest BCUT2D eigenvalue weighted by Gasteiger charge is 2.33. The summed E-state index contributed by atoms with van der Waals surface area (Å²) >= 11 is 0. The largest absolute Gasteiger partial charge is 0.354 e. The van der Waals surface area contributed by atoms with Crippen molar-refractivity contribution in [3.63, 3.8) is 0 Å². The molecule has 0 saturated heterocycles. The Morgan fingerprint density at radius 3 is 1.94 bits per heavy atom. The fourth-order valence-corrected chi connectivity index (χ4v) is 4.51. The molecule has 0 fully saturated rings. The van der Waals surface area contributed by atoms with Crippen molar-refractivity contribution in [3.8, 4) is 0 Å². The SMILES string of the molecule is CC[C@@H](C(=O)NCC(C)C)N(Cc1ccc(F)cc1)C(=O)CN(c1ccc(F)cc1)S(=O)(=O)N(C)C. The number of halogens is 2. The average Bonchev–Trinajstić information content (AvgIpc) is 2.82. The van der Waals surface area contributed by atoms with E-state index in [-0.39, 0.29) is 30.5 Å². The van der Waals surface area contributed by atoms with E-state index in [9.17, 15) is 26.8 Å². The van der Waals surface area contributed by atoms with Crippen LogP contribution in [-0.2, 0) is 26.3 Å². The molecule has 0 aliphatic rings. The number of amides is 2. The summed E-state index contributed by atoms with van der Waals surface area (Å²) in [6, 6.07) is 9.34. The molecule has 0 aliphatic carbocycles. The lowest BCUT2D eigenvalue weighted by atomic mass is 10.1. The van der Waals surface area contributed by atoms with E-state index in [2.05, 4.69) is 5.32 Å². The molecule has 0 bridgehead atoms. The van der Waals surface area contributed by atoms with Gasteiger partial charge in [0.15, 0.2) is 0 Å². The third-order valence-electron chi connectivity index (χ3n) is 5.47. The minimum atomic E-state index is -4.14. The van der Waals surface area contributed by atoms with Gasteiger partial charge in [0.25, 0.3) is 0 Å². The minimum absolute atomic E-state index is 0.0357. The number of anilines is 1. The van der Waals surface area contributed by atoms with Gasteiger partial charge in [-0.3, -0.25) is 9.59 Å². The van der Waals surface area contributed by atoms with Crippen LogP contribution in [-0.4, -0.2) is 62.7 Å². The molecule has 198 valence electrons. The third-order valence-corrected chi connectivity index (χ3v) is 7.29. The molecule has 2 amide bonds. The van der Waals surface area contributed by atoms with E-state index in [0.717, 1.165) is 20.7 Å². The second kappa shape index (κ2) is 12.8. The van der Waals surface area contributed by atoms with Crippen molar-refractivity contribution >= 4 is 27.7 Å². The van der Waals surface area contributed by atoms with Crippen LogP contribution in [0.25, 0.3) is 0 Å². The average molecular weight is 525 g/mol. The molecule has 2 aromatic carbocycles. The third kappa shape index (κ3) is 7.72. The van der Waals surface area contributed by atoms with Gasteiger partial charge in [-0.25, -0.2) is 13.1 Å². The van der Waals surface area contributed by atoms with Gasteiger partial charge in [-0.15, -0.1) is 0 Å². The van der Waals surface area contributed by atoms with E-state index in [0.29, 0.717) is 12.1 Å². The highest BCUT2D eigenvalue weighted by atomic mass is 32.2. The number of nitrogens with one attached hydrogen (secondary N) is 1. The highest BCUT2D eigenvalue weighted by Crippen LogP contribution is 2.22. The number of benzene rings is 2. The molecule has 8 nitrogen and oxygen atoms in total. The summed E-state index contributed by atoms with van der Waals surface area (Å²) in [7, 11) is -1.50. The Morgan fingerprint density at radius 1 is 0.944 bits per heavy atom. The number of rotatable bonds is 12. The van der Waals surface area contributed by atoms with Crippen molar-refractivity contribution in [3.05, 3.63) is 65.7 Å². The van der Waals surface area contributed by atoms with Crippen molar-refractivity contribution in [2.75, 3.05) is 31.5 Å². The minimum Gasteiger partial charge on any atom is -0.354 e. The van der Waals surface area contributed by atoms with Gasteiger partial charge in [-0.2, -0.15) is 12.7 Å². The Kier molecular flexibility index (Phi) is 10.4. The first-order chi connectivity index (χ1) is 16.9. The van der Waals surface area contributed by atoms with E-state index < -0.39 is 40.3 Å². The standard InChI is InChI=1S/C25H34F2N4O4S/c1-6-23(25(33)28-15-18(2)3)30(16-19-7-9-20(26)10-8-19)24(32)17-31(36(34,35)29(4)5)22-13-11-21(27)12-14-22/h7-14,18,23H,6,15-17H2,1-5H3,(H,28,33)/t23-/m0/s1. The molecular formula is C25H34F2N4O4S. The zero-order chi connectivity index (χ0) is 27.0. The number of hydrogen-bond acceptors (Lipinski definition) is 4. The molecule has 36 heavy (non-hydrogen) atoms. The first-order valence-electron chi connectivity index (χ1n) is 11.6. The van der Waals surface area contributed by atoms with Crippen LogP contribution in [0.5, 0.6) is 0 Å². The van der Waals surface area contributed by atoms with Gasteiger partial charge in [-0.05, 0) is 54.3 Å². The summed E-state index contributed by atoms with van der Waals surface area (Å²) in [5.74, 6) is -1.83. The summed E-state index contributed by atoms with van der Waals surface area (Å²) in [4.78, 5) is 28.0. The summed E-state index contributed by atoms with van der Waals surface area (Å²) in [5, 5.41) is 2.83. The summed E-state index contributed by atoms with van der Waals surface area (Å²) < 4.78 is 55.0. The van der Waals surface area contributed by atoms with Gasteiger partial charge >= 0.3 is 10.2 Å². The summed E-state index contributed by atoms with van der Waals surface area (Å²) in [5.41, 5.74) is 0.668. The van der Waals surface area contributed by atoms with Crippen molar-refractivity contribution < 1.29 is 26.8 Å². The Bertz CT molecular complexity index is 1120. The monoisotopic (exact) mass is 524 g/mol. The van der Waals surface area contributed by atoms with Crippen molar-refractivity contribution in [2.45, 2.75) is 39.8 Å². The van der Waals surface area contributed by atoms with Gasteiger partial charge in [0.1, 0.15) is 24.2 Å². The molecule has 0 unspecified atom stereocenters. The van der Waals surface area contributed by atoms with Gasteiger partial charge < -0.3 is 10.2 Å². The Hall–Kier alpha value is -3.05. The zero-order valence-electron chi connectivity index (χ0n) is 21.2. The predicted molar refractivity (Wildman–Crippen MR) is 135 cm³/mol. The molecule has 2 rings (SSSR count). The Labute approximate surface area is 212 Å². The van der Waals surface area contributed by atoms with Crippen LogP contribution in [0.4, 0.5) is 14.5 Å². The van der Waals surface area contributed by atoms with Gasteiger partial charge in [0, 0.05) is 27.2 Å². The van der Waals surface area contributed by atoms with Gasteiger partial charge in [0.2, 0.25) is 11.8 Å². The summed E-state index contributed by atoms with van der Waals surface area (Å²) in [6.07, 6.45) is 0.272. The van der Waals surface area contributed by atoms with Crippen LogP contribution in [0.1, 0.15) is 32.8 Å². The van der Waals surface area contributed by atoms with Crippen molar-refractivity contribution in [1.82, 2.24) is 14.5 Å². The maximum atomic E-state index is 13.7. The predicted octanol–water partition coefficient (Wildman–Crippen LogP) is 3.16. The first-order valence-corrected chi connectivity index (χ1v) is 13.0. The second-order valence-electron chi connectivity index (χ2n) is 8.98. The number of hydrogen-bond donors (Lipinski definition) is 1. The van der Waals surface area contributed by atoms with Crippen molar-refractivity contribution in [2.24, 2.45) is 5.92 Å². The molecule has 0 spiro atoms. The fraction of sp³-hybridized carbons (Fsp3) is 0.440. The molecule has 1 atom stereocenters. The Balaban J connectivity index is 2.46. The lowest BCUT2D eigenvalue weighted by Gasteiger charge is -2.34. The molecule has 0 radical (unpaired) electrons. The smallest absolute Gasteiger partial charge is 0.304 e. The topological polar surface area (TPSA) is 90.0 Å². The first kappa shape index (κ1) is 29.2. The molecule has 0 heterocycles. The van der Waals surface area contributed by atoms with E-state index in [1.807, 2.05) is 13.8 Å². The van der Waals surface area contributed by atoms with Crippen LogP contribution in [0.2, 0.25) is 0 Å². The van der Waals surface area contributed by atoms with E-state index in [1.165, 1.54) is 55.4 Å². The molecule has 1 N–H and O–H groups in total. The van der Waals surface area contributed by atoms with Crippen LogP contribution >= 0.6 is 0 Å². The molecule has 0 saturated carbocycles. The Morgan fingerprint density at radius 2 is 1.47 bits per heavy atom. The van der Waals surface area contributed by atoms with E-state index >= 15 is 0 Å². The van der Waals surface area contributed by atoms with Crippen molar-refractivity contribution in [1.29, 1.82) is 0 Å². The van der Waals surface area contributed by atoms with Crippen LogP contribution < -0.4 is 9.62 Å². The van der Waals surface area contributed by atoms with Gasteiger partial charge in [0.05, 0.1) is 5.69 Å². The molecule has 0 aromatic heterocycles. The number of carbonyl (C=O) groups excluding carboxylic acids is 2. The second-order valence-corrected chi connectivity index (χ2v) is 11.1. The number of carbonyl (C=O) groups is 2. The molecule has 0 aliphatic heterocycles. The lowest BCUT2D eigenvalue weighted by Crippen LogP contribution is -2.53. The molecular weight excluding hydrogens is 490 g/mol. The molecule has 11 heteroatoms. The van der Waals surface area contributed by atoms with Crippen LogP contribution in [0, 0.1) is 17.6 Å². The lowest BCUT2D eigenvalue weighted by molar-refractivity contribution is -0.140. The quantitative estimate of drug-likeness (QED) is 0.462. The normalized spacial score (nSPS) is 12.5. The van der Waals surface area contributed by atoms with Crippen LogP contribution in [0.15, 0.2) is 48.5 Å².